The van der Waals surface area contributed by atoms with E-state index < -0.39 is 0 Å². The number of likely N-dealkylation sites (tertiary alicyclic amines) is 1. The molecule has 1 unspecified atom stereocenters. The number of unbranched alkanes of at least 4 members (excludes halogenated alkanes) is 1. The van der Waals surface area contributed by atoms with Crippen LogP contribution >= 0.6 is 11.6 Å². The molecule has 0 N–H and O–H groups in total. The highest BCUT2D eigenvalue weighted by molar-refractivity contribution is 6.32. The molecule has 2 heterocycles. The summed E-state index contributed by atoms with van der Waals surface area (Å²) in [4.78, 5) is 19.7. The zero-order valence-electron chi connectivity index (χ0n) is 19.1. The van der Waals surface area contributed by atoms with Gasteiger partial charge in [0.05, 0.1) is 22.7 Å². The van der Waals surface area contributed by atoms with E-state index in [0.29, 0.717) is 31.1 Å². The first-order valence-corrected chi connectivity index (χ1v) is 12.2. The SMILES string of the molecule is O=C1CC(c2nc3ccccc3n2CCCCOc2ccccc2Cl)CN1Cc1ccccc1. The summed E-state index contributed by atoms with van der Waals surface area (Å²) < 4.78 is 8.15. The highest BCUT2D eigenvalue weighted by Gasteiger charge is 2.33. The Morgan fingerprint density at radius 3 is 2.56 bits per heavy atom. The predicted molar refractivity (Wildman–Crippen MR) is 135 cm³/mol. The Bertz CT molecular complexity index is 1270. The molecule has 1 saturated heterocycles. The van der Waals surface area contributed by atoms with E-state index in [0.717, 1.165) is 47.6 Å². The van der Waals surface area contributed by atoms with E-state index in [4.69, 9.17) is 21.3 Å². The minimum absolute atomic E-state index is 0.1000. The monoisotopic (exact) mass is 473 g/mol. The van der Waals surface area contributed by atoms with Gasteiger partial charge in [0.1, 0.15) is 11.6 Å². The standard InChI is InChI=1S/C28H28ClN3O2/c29-23-12-4-7-15-26(23)34-17-9-8-16-32-25-14-6-5-13-24(25)30-28(32)22-18-27(33)31(20-22)19-21-10-2-1-3-11-21/h1-7,10-15,22H,8-9,16-20H2. The summed E-state index contributed by atoms with van der Waals surface area (Å²) in [6.07, 6.45) is 2.36. The first-order valence-electron chi connectivity index (χ1n) is 11.8. The van der Waals surface area contributed by atoms with Crippen LogP contribution < -0.4 is 4.74 Å². The number of para-hydroxylation sites is 3. The molecular formula is C28H28ClN3O2. The Hall–Kier alpha value is -3.31. The number of nitrogens with zero attached hydrogens (tertiary/aromatic N) is 3. The van der Waals surface area contributed by atoms with Crippen molar-refractivity contribution in [1.82, 2.24) is 14.5 Å². The third kappa shape index (κ3) is 4.95. The fourth-order valence-corrected chi connectivity index (χ4v) is 4.85. The molecule has 34 heavy (non-hydrogen) atoms. The number of amides is 1. The third-order valence-electron chi connectivity index (χ3n) is 6.35. The average molecular weight is 474 g/mol. The van der Waals surface area contributed by atoms with Crippen LogP contribution in [0.3, 0.4) is 0 Å². The number of hydrogen-bond donors (Lipinski definition) is 0. The van der Waals surface area contributed by atoms with Crippen molar-refractivity contribution in [3.63, 3.8) is 0 Å². The molecule has 0 spiro atoms. The second kappa shape index (κ2) is 10.3. The summed E-state index contributed by atoms with van der Waals surface area (Å²) in [6, 6.07) is 26.0. The summed E-state index contributed by atoms with van der Waals surface area (Å²) in [5.41, 5.74) is 3.26. The lowest BCUT2D eigenvalue weighted by molar-refractivity contribution is -0.128. The number of rotatable bonds is 9. The number of carbonyl (C=O) groups is 1. The number of aromatic nitrogens is 2. The van der Waals surface area contributed by atoms with Crippen molar-refractivity contribution in [1.29, 1.82) is 0 Å². The number of ether oxygens (including phenoxy) is 1. The molecule has 1 amide bonds. The fourth-order valence-electron chi connectivity index (χ4n) is 4.66. The Balaban J connectivity index is 1.26. The number of imidazole rings is 1. The smallest absolute Gasteiger partial charge is 0.223 e. The summed E-state index contributed by atoms with van der Waals surface area (Å²) in [5, 5.41) is 0.636. The Morgan fingerprint density at radius 1 is 0.941 bits per heavy atom. The lowest BCUT2D eigenvalue weighted by Gasteiger charge is -2.17. The molecule has 0 saturated carbocycles. The summed E-state index contributed by atoms with van der Waals surface area (Å²) in [7, 11) is 0. The number of carbonyl (C=O) groups excluding carboxylic acids is 1. The predicted octanol–water partition coefficient (Wildman–Crippen LogP) is 6.07. The van der Waals surface area contributed by atoms with Gasteiger partial charge in [-0.25, -0.2) is 4.98 Å². The van der Waals surface area contributed by atoms with Crippen LogP contribution in [-0.2, 0) is 17.9 Å². The maximum Gasteiger partial charge on any atom is 0.223 e. The van der Waals surface area contributed by atoms with Crippen molar-refractivity contribution >= 4 is 28.5 Å². The van der Waals surface area contributed by atoms with Gasteiger partial charge in [-0.05, 0) is 42.7 Å². The molecule has 1 atom stereocenters. The van der Waals surface area contributed by atoms with E-state index >= 15 is 0 Å². The Kier molecular flexibility index (Phi) is 6.82. The van der Waals surface area contributed by atoms with Crippen molar-refractivity contribution in [2.45, 2.75) is 38.3 Å². The molecule has 1 aromatic heterocycles. The average Bonchev–Trinajstić information content (AvgIpc) is 3.41. The van der Waals surface area contributed by atoms with Crippen LogP contribution in [0.4, 0.5) is 0 Å². The van der Waals surface area contributed by atoms with Crippen LogP contribution in [0, 0.1) is 0 Å². The maximum absolute atomic E-state index is 12.8. The van der Waals surface area contributed by atoms with E-state index in [1.54, 1.807) is 0 Å². The second-order valence-electron chi connectivity index (χ2n) is 8.76. The quantitative estimate of drug-likeness (QED) is 0.277. The first kappa shape index (κ1) is 22.5. The van der Waals surface area contributed by atoms with Gasteiger partial charge in [0.15, 0.2) is 0 Å². The van der Waals surface area contributed by atoms with Crippen LogP contribution in [0.15, 0.2) is 78.9 Å². The lowest BCUT2D eigenvalue weighted by atomic mass is 10.1. The minimum atomic E-state index is 0.1000. The van der Waals surface area contributed by atoms with Gasteiger partial charge in [-0.1, -0.05) is 66.2 Å². The topological polar surface area (TPSA) is 47.4 Å². The van der Waals surface area contributed by atoms with Crippen LogP contribution in [0.5, 0.6) is 5.75 Å². The van der Waals surface area contributed by atoms with Gasteiger partial charge < -0.3 is 14.2 Å². The van der Waals surface area contributed by atoms with Gasteiger partial charge in [0.25, 0.3) is 0 Å². The number of benzene rings is 3. The molecule has 6 heteroatoms. The first-order chi connectivity index (χ1) is 16.7. The molecule has 4 aromatic rings. The third-order valence-corrected chi connectivity index (χ3v) is 6.66. The molecule has 1 aliphatic rings. The molecule has 174 valence electrons. The van der Waals surface area contributed by atoms with Crippen LogP contribution in [0.2, 0.25) is 5.02 Å². The zero-order chi connectivity index (χ0) is 23.3. The van der Waals surface area contributed by atoms with Crippen molar-refractivity contribution in [3.05, 3.63) is 95.3 Å². The number of aryl methyl sites for hydroxylation is 1. The molecule has 3 aromatic carbocycles. The van der Waals surface area contributed by atoms with E-state index in [-0.39, 0.29) is 11.8 Å². The zero-order valence-corrected chi connectivity index (χ0v) is 19.8. The highest BCUT2D eigenvalue weighted by atomic mass is 35.5. The van der Waals surface area contributed by atoms with E-state index in [1.165, 1.54) is 0 Å². The van der Waals surface area contributed by atoms with E-state index in [1.807, 2.05) is 65.6 Å². The van der Waals surface area contributed by atoms with Gasteiger partial charge in [0.2, 0.25) is 5.91 Å². The van der Waals surface area contributed by atoms with Crippen LogP contribution in [0.1, 0.15) is 36.6 Å². The maximum atomic E-state index is 12.8. The Morgan fingerprint density at radius 2 is 1.71 bits per heavy atom. The van der Waals surface area contributed by atoms with Crippen LogP contribution in [-0.4, -0.2) is 33.5 Å². The van der Waals surface area contributed by atoms with E-state index in [2.05, 4.69) is 22.8 Å². The number of halogens is 1. The van der Waals surface area contributed by atoms with Gasteiger partial charge in [0, 0.05) is 32.0 Å². The summed E-state index contributed by atoms with van der Waals surface area (Å²) >= 11 is 6.18. The normalized spacial score (nSPS) is 15.9. The van der Waals surface area contributed by atoms with Gasteiger partial charge >= 0.3 is 0 Å². The number of hydrogen-bond acceptors (Lipinski definition) is 3. The van der Waals surface area contributed by atoms with Gasteiger partial charge in [-0.2, -0.15) is 0 Å². The number of fused-ring (bicyclic) bond motifs is 1. The second-order valence-corrected chi connectivity index (χ2v) is 9.16. The van der Waals surface area contributed by atoms with Gasteiger partial charge in [-0.15, -0.1) is 0 Å². The summed E-state index contributed by atoms with van der Waals surface area (Å²) in [5.74, 6) is 2.03. The highest BCUT2D eigenvalue weighted by Crippen LogP contribution is 2.31. The molecule has 1 aliphatic heterocycles. The Labute approximate surface area is 204 Å². The molecule has 0 aliphatic carbocycles. The molecule has 5 nitrogen and oxygen atoms in total. The van der Waals surface area contributed by atoms with E-state index in [9.17, 15) is 4.79 Å². The van der Waals surface area contributed by atoms with Gasteiger partial charge in [-0.3, -0.25) is 4.79 Å². The van der Waals surface area contributed by atoms with Crippen molar-refractivity contribution in [2.75, 3.05) is 13.2 Å². The minimum Gasteiger partial charge on any atom is -0.492 e. The summed E-state index contributed by atoms with van der Waals surface area (Å²) in [6.45, 7) is 2.80. The van der Waals surface area contributed by atoms with Crippen molar-refractivity contribution < 1.29 is 9.53 Å². The molecule has 0 bridgehead atoms. The molecule has 5 rings (SSSR count). The van der Waals surface area contributed by atoms with Crippen LogP contribution in [0.25, 0.3) is 11.0 Å². The molecule has 0 radical (unpaired) electrons. The van der Waals surface area contributed by atoms with Crippen molar-refractivity contribution in [2.24, 2.45) is 0 Å². The fraction of sp³-hybridized carbons (Fsp3) is 0.286. The largest absolute Gasteiger partial charge is 0.492 e. The van der Waals surface area contributed by atoms with Crippen molar-refractivity contribution in [3.8, 4) is 5.75 Å². The molecule has 1 fully saturated rings. The lowest BCUT2D eigenvalue weighted by Crippen LogP contribution is -2.24. The molecular weight excluding hydrogens is 446 g/mol.